The zero-order valence-electron chi connectivity index (χ0n) is 21.3. The Morgan fingerprint density at radius 1 is 0.923 bits per heavy atom. The molecule has 2 aliphatic rings. The van der Waals surface area contributed by atoms with Gasteiger partial charge in [-0.15, -0.1) is 0 Å². The van der Waals surface area contributed by atoms with Crippen LogP contribution in [0, 0.1) is 0 Å². The summed E-state index contributed by atoms with van der Waals surface area (Å²) in [5.41, 5.74) is 2.53. The molecule has 3 aromatic carbocycles. The lowest BCUT2D eigenvalue weighted by Gasteiger charge is -2.29. The van der Waals surface area contributed by atoms with Crippen LogP contribution < -0.4 is 10.6 Å². The third kappa shape index (κ3) is 3.23. The smallest absolute Gasteiger partial charge is 0.407 e. The first-order valence-corrected chi connectivity index (χ1v) is 13.5. The highest BCUT2D eigenvalue weighted by Crippen LogP contribution is 2.48. The van der Waals surface area contributed by atoms with Gasteiger partial charge in [-0.05, 0) is 38.1 Å². The first kappa shape index (κ1) is 22.7. The second-order valence-corrected chi connectivity index (χ2v) is 11.0. The maximum Gasteiger partial charge on any atom is 0.407 e. The van der Waals surface area contributed by atoms with Gasteiger partial charge in [0.05, 0.1) is 29.5 Å². The van der Waals surface area contributed by atoms with Crippen LogP contribution in [0.3, 0.4) is 0 Å². The van der Waals surface area contributed by atoms with Crippen LogP contribution in [0.5, 0.6) is 5.88 Å². The third-order valence-corrected chi connectivity index (χ3v) is 8.58. The number of alkyl carbamates (subject to hydrolysis) is 1. The molecule has 2 aliphatic heterocycles. The summed E-state index contributed by atoms with van der Waals surface area (Å²) in [6, 6.07) is 16.3. The average Bonchev–Trinajstić information content (AvgIpc) is 3.55. The van der Waals surface area contributed by atoms with Gasteiger partial charge < -0.3 is 39.7 Å². The van der Waals surface area contributed by atoms with Crippen LogP contribution in [-0.2, 0) is 17.8 Å². The first-order valence-electron chi connectivity index (χ1n) is 13.5. The van der Waals surface area contributed by atoms with Crippen molar-refractivity contribution >= 4 is 60.5 Å². The highest BCUT2D eigenvalue weighted by atomic mass is 16.6. The standard InChI is InChI=1S/C30H29N5O4/c36-28-25-20(13-32-28)23-18-5-1-3-7-21(18)34-14-30(38,16-39-29(37)33-17-9-11-31-12-10-17)15-35-22-8-4-2-6-19(22)24(25)27(35)26(23)34/h1-8,13,17,31-32,36,38H,9-12,14-16H2,(H,33,37). The minimum Gasteiger partial charge on any atom is -0.494 e. The van der Waals surface area contributed by atoms with E-state index in [2.05, 4.69) is 43.0 Å². The number of para-hydroxylation sites is 2. The molecule has 5 heterocycles. The Morgan fingerprint density at radius 3 is 2.23 bits per heavy atom. The Morgan fingerprint density at radius 2 is 1.54 bits per heavy atom. The number of nitrogens with zero attached hydrogens (tertiary/aromatic N) is 2. The third-order valence-electron chi connectivity index (χ3n) is 8.58. The Balaban J connectivity index is 1.34. The highest BCUT2D eigenvalue weighted by molar-refractivity contribution is 6.36. The van der Waals surface area contributed by atoms with Crippen LogP contribution >= 0.6 is 0 Å². The molecular weight excluding hydrogens is 494 g/mol. The fourth-order valence-electron chi connectivity index (χ4n) is 6.92. The lowest BCUT2D eigenvalue weighted by Crippen LogP contribution is -2.47. The van der Waals surface area contributed by atoms with Crippen LogP contribution in [0.1, 0.15) is 12.8 Å². The summed E-state index contributed by atoms with van der Waals surface area (Å²) in [5.74, 6) is 0.129. The fourth-order valence-corrected chi connectivity index (χ4v) is 6.92. The quantitative estimate of drug-likeness (QED) is 0.237. The van der Waals surface area contributed by atoms with Gasteiger partial charge in [-0.25, -0.2) is 4.79 Å². The number of rotatable bonds is 3. The molecule has 0 radical (unpaired) electrons. The van der Waals surface area contributed by atoms with Crippen LogP contribution in [0.25, 0.3) is 54.4 Å². The molecule has 3 aromatic heterocycles. The monoisotopic (exact) mass is 523 g/mol. The van der Waals surface area contributed by atoms with E-state index < -0.39 is 11.7 Å². The maximum absolute atomic E-state index is 12.8. The van der Waals surface area contributed by atoms with Crippen molar-refractivity contribution in [3.63, 3.8) is 0 Å². The topological polar surface area (TPSA) is 116 Å². The van der Waals surface area contributed by atoms with E-state index in [-0.39, 0.29) is 31.6 Å². The number of amides is 1. The van der Waals surface area contributed by atoms with E-state index in [1.807, 2.05) is 36.5 Å². The Kier molecular flexibility index (Phi) is 4.75. The second-order valence-electron chi connectivity index (χ2n) is 11.0. The molecule has 0 aliphatic carbocycles. The Labute approximate surface area is 222 Å². The molecule has 8 rings (SSSR count). The molecule has 0 saturated carbocycles. The summed E-state index contributed by atoms with van der Waals surface area (Å²) in [7, 11) is 0. The molecule has 39 heavy (non-hydrogen) atoms. The number of piperidine rings is 1. The second kappa shape index (κ2) is 8.14. The number of nitrogens with one attached hydrogen (secondary N) is 3. The Bertz CT molecular complexity index is 1940. The number of aromatic amines is 1. The number of carbonyl (C=O) groups is 1. The summed E-state index contributed by atoms with van der Waals surface area (Å²) in [6.07, 6.45) is 3.08. The zero-order chi connectivity index (χ0) is 26.3. The summed E-state index contributed by atoms with van der Waals surface area (Å²) < 4.78 is 9.99. The molecule has 1 saturated heterocycles. The highest BCUT2D eigenvalue weighted by Gasteiger charge is 2.37. The van der Waals surface area contributed by atoms with Crippen molar-refractivity contribution in [1.82, 2.24) is 24.8 Å². The maximum atomic E-state index is 12.8. The molecule has 198 valence electrons. The van der Waals surface area contributed by atoms with E-state index in [0.717, 1.165) is 80.3 Å². The number of fused-ring (bicyclic) bond motifs is 9. The van der Waals surface area contributed by atoms with Gasteiger partial charge in [0.1, 0.15) is 12.2 Å². The number of ether oxygens (including phenoxy) is 1. The fraction of sp³-hybridized carbons (Fsp3) is 0.300. The number of aliphatic hydroxyl groups is 1. The van der Waals surface area contributed by atoms with E-state index >= 15 is 0 Å². The predicted octanol–water partition coefficient (Wildman–Crippen LogP) is 4.31. The Hall–Kier alpha value is -4.21. The van der Waals surface area contributed by atoms with Crippen molar-refractivity contribution in [3.05, 3.63) is 54.7 Å². The molecule has 9 nitrogen and oxygen atoms in total. The van der Waals surface area contributed by atoms with E-state index in [1.54, 1.807) is 0 Å². The zero-order valence-corrected chi connectivity index (χ0v) is 21.3. The minimum absolute atomic E-state index is 0.0731. The van der Waals surface area contributed by atoms with Gasteiger partial charge in [-0.3, -0.25) is 0 Å². The molecule has 5 N–H and O–H groups in total. The lowest BCUT2D eigenvalue weighted by atomic mass is 10.0. The number of aromatic hydroxyl groups is 1. The van der Waals surface area contributed by atoms with Gasteiger partial charge in [-0.1, -0.05) is 36.4 Å². The molecule has 0 bridgehead atoms. The SMILES string of the molecule is O=C(NC1CCNCC1)OCC1(O)Cn2c3ccccc3c3c4c[nH]c(O)c4c4c5ccccc5n(c4c32)C1. The van der Waals surface area contributed by atoms with Crippen molar-refractivity contribution in [1.29, 1.82) is 0 Å². The van der Waals surface area contributed by atoms with E-state index in [9.17, 15) is 15.0 Å². The molecule has 6 aromatic rings. The van der Waals surface area contributed by atoms with E-state index in [0.29, 0.717) is 0 Å². The molecule has 0 spiro atoms. The van der Waals surface area contributed by atoms with Crippen LogP contribution in [0.15, 0.2) is 54.7 Å². The van der Waals surface area contributed by atoms with Crippen molar-refractivity contribution in [2.75, 3.05) is 19.7 Å². The number of hydrogen-bond donors (Lipinski definition) is 5. The summed E-state index contributed by atoms with van der Waals surface area (Å²) >= 11 is 0. The van der Waals surface area contributed by atoms with Gasteiger partial charge in [0.2, 0.25) is 0 Å². The van der Waals surface area contributed by atoms with Crippen molar-refractivity contribution in [2.24, 2.45) is 0 Å². The number of aromatic nitrogens is 3. The lowest BCUT2D eigenvalue weighted by molar-refractivity contribution is -0.0428. The summed E-state index contributed by atoms with van der Waals surface area (Å²) in [4.78, 5) is 15.8. The molecular formula is C30H29N5O4. The van der Waals surface area contributed by atoms with Crippen molar-refractivity contribution in [2.45, 2.75) is 37.6 Å². The number of carbonyl (C=O) groups excluding carboxylic acids is 1. The normalized spacial score (nSPS) is 20.0. The van der Waals surface area contributed by atoms with Crippen LogP contribution in [0.2, 0.25) is 0 Å². The molecule has 9 heteroatoms. The average molecular weight is 524 g/mol. The number of hydrogen-bond acceptors (Lipinski definition) is 5. The van der Waals surface area contributed by atoms with Gasteiger partial charge >= 0.3 is 6.09 Å². The molecule has 1 fully saturated rings. The van der Waals surface area contributed by atoms with Crippen LogP contribution in [-0.4, -0.2) is 61.8 Å². The van der Waals surface area contributed by atoms with Crippen molar-refractivity contribution < 1.29 is 19.7 Å². The number of benzene rings is 3. The van der Waals surface area contributed by atoms with E-state index in [1.165, 1.54) is 0 Å². The summed E-state index contributed by atoms with van der Waals surface area (Å²) in [5, 5.41) is 35.2. The van der Waals surface area contributed by atoms with Gasteiger partial charge in [0.25, 0.3) is 0 Å². The first-order chi connectivity index (χ1) is 19.0. The molecule has 1 amide bonds. The number of H-pyrrole nitrogens is 1. The molecule has 1 unspecified atom stereocenters. The van der Waals surface area contributed by atoms with Crippen LogP contribution in [0.4, 0.5) is 4.79 Å². The predicted molar refractivity (Wildman–Crippen MR) is 151 cm³/mol. The van der Waals surface area contributed by atoms with E-state index in [4.69, 9.17) is 4.74 Å². The van der Waals surface area contributed by atoms with Crippen molar-refractivity contribution in [3.8, 4) is 5.88 Å². The van der Waals surface area contributed by atoms with Gasteiger partial charge in [0, 0.05) is 50.2 Å². The molecule has 1 atom stereocenters. The van der Waals surface area contributed by atoms with Gasteiger partial charge in [-0.2, -0.15) is 0 Å². The minimum atomic E-state index is -1.37. The van der Waals surface area contributed by atoms with Gasteiger partial charge in [0.15, 0.2) is 5.88 Å². The largest absolute Gasteiger partial charge is 0.494 e. The summed E-state index contributed by atoms with van der Waals surface area (Å²) in [6.45, 7) is 2.07.